The van der Waals surface area contributed by atoms with Crippen molar-refractivity contribution in [1.29, 1.82) is 0 Å². The Morgan fingerprint density at radius 3 is 1.73 bits per heavy atom. The van der Waals surface area contributed by atoms with E-state index >= 15 is 0 Å². The third-order valence-electron chi connectivity index (χ3n) is 0.992. The topological polar surface area (TPSA) is 0 Å². The smallest absolute Gasteiger partial charge is 0 e. The Kier molecular flexibility index (Phi) is 17.7. The van der Waals surface area contributed by atoms with Gasteiger partial charge >= 0.3 is 0 Å². The molecule has 0 atom stereocenters. The molecule has 0 saturated heterocycles. The van der Waals surface area contributed by atoms with Crippen molar-refractivity contribution in [2.75, 3.05) is 0 Å². The summed E-state index contributed by atoms with van der Waals surface area (Å²) in [6.45, 7) is 5.22. The number of benzene rings is 1. The Hall–Kier alpha value is 0.917. The monoisotopic (exact) mass is 315 g/mol. The zero-order valence-electron chi connectivity index (χ0n) is 5.86. The van der Waals surface area contributed by atoms with Gasteiger partial charge in [-0.3, -0.25) is 6.58 Å². The maximum Gasteiger partial charge on any atom is 0 e. The molecular weight excluding hydrogens is 307 g/mol. The van der Waals surface area contributed by atoms with Crippen molar-refractivity contribution in [1.82, 2.24) is 0 Å². The van der Waals surface area contributed by atoms with Crippen LogP contribution in [0.3, 0.4) is 0 Å². The molecule has 0 spiro atoms. The van der Waals surface area contributed by atoms with E-state index in [0.717, 1.165) is 5.56 Å². The minimum absolute atomic E-state index is 0. The van der Waals surface area contributed by atoms with Crippen LogP contribution in [0.25, 0.3) is 6.08 Å². The maximum absolute atomic E-state index is 5.22. The molecule has 0 heterocycles. The summed E-state index contributed by atoms with van der Waals surface area (Å²) in [6, 6.07) is 9.80. The molecule has 0 aliphatic rings. The number of halogens is 2. The van der Waals surface area contributed by atoms with Gasteiger partial charge in [0.1, 0.15) is 0 Å². The van der Waals surface area contributed by atoms with Gasteiger partial charge in [0.25, 0.3) is 0 Å². The molecule has 0 fully saturated rings. The van der Waals surface area contributed by atoms with Crippen LogP contribution in [0.15, 0.2) is 30.3 Å². The van der Waals surface area contributed by atoms with Crippen LogP contribution in [-0.2, 0) is 0 Å². The second-order valence-electron chi connectivity index (χ2n) is 1.58. The molecule has 11 heavy (non-hydrogen) atoms. The van der Waals surface area contributed by atoms with E-state index in [4.69, 9.17) is 6.58 Å². The van der Waals surface area contributed by atoms with Crippen molar-refractivity contribution in [3.05, 3.63) is 42.5 Å². The molecule has 1 rings (SSSR count). The van der Waals surface area contributed by atoms with Gasteiger partial charge in [0, 0.05) is 41.7 Å². The number of hydrogen-bond acceptors (Lipinski definition) is 0. The summed E-state index contributed by atoms with van der Waals surface area (Å²) in [4.78, 5) is 0. The van der Waals surface area contributed by atoms with Crippen molar-refractivity contribution in [2.45, 2.75) is 0 Å². The van der Waals surface area contributed by atoms with Crippen molar-refractivity contribution >= 4 is 30.9 Å². The van der Waals surface area contributed by atoms with Crippen molar-refractivity contribution in [3.8, 4) is 0 Å². The molecule has 0 aliphatic carbocycles. The molecule has 0 amide bonds. The Labute approximate surface area is 114 Å². The average molecular weight is 316 g/mol. The first kappa shape index (κ1) is 17.9. The van der Waals surface area contributed by atoms with Gasteiger partial charge < -0.3 is 0 Å². The largest absolute Gasteiger partial charge is 0.292 e. The third kappa shape index (κ3) is 7.28. The molecular formula is C8H9CeCl2-. The first-order chi connectivity index (χ1) is 3.93. The SMILES string of the molecule is Cl.Cl.[CH-]=Cc1ccccc1.[Ce]. The van der Waals surface area contributed by atoms with E-state index in [9.17, 15) is 0 Å². The molecule has 3 heteroatoms. The molecule has 0 aliphatic heterocycles. The van der Waals surface area contributed by atoms with E-state index < -0.39 is 0 Å². The van der Waals surface area contributed by atoms with E-state index in [-0.39, 0.29) is 66.6 Å². The van der Waals surface area contributed by atoms with Gasteiger partial charge in [-0.05, 0) is 0 Å². The van der Waals surface area contributed by atoms with E-state index in [1.54, 1.807) is 6.08 Å². The van der Waals surface area contributed by atoms with Crippen LogP contribution < -0.4 is 0 Å². The fourth-order valence-corrected chi connectivity index (χ4v) is 0.564. The van der Waals surface area contributed by atoms with E-state index in [1.165, 1.54) is 0 Å². The average Bonchev–Trinajstić information content (AvgIpc) is 1.90. The zero-order valence-corrected chi connectivity index (χ0v) is 10.6. The van der Waals surface area contributed by atoms with E-state index in [1.807, 2.05) is 30.3 Å². The van der Waals surface area contributed by atoms with Gasteiger partial charge in [-0.2, -0.15) is 5.56 Å². The Morgan fingerprint density at radius 1 is 1.00 bits per heavy atom. The summed E-state index contributed by atoms with van der Waals surface area (Å²) < 4.78 is 0. The molecule has 1 aromatic carbocycles. The number of hydrogen-bond donors (Lipinski definition) is 0. The fourth-order valence-electron chi connectivity index (χ4n) is 0.564. The van der Waals surface area contributed by atoms with Crippen LogP contribution in [0.2, 0.25) is 0 Å². The minimum Gasteiger partial charge on any atom is -0.292 e. The number of rotatable bonds is 1. The third-order valence-corrected chi connectivity index (χ3v) is 0.992. The Balaban J connectivity index is -0.000000213. The fraction of sp³-hybridized carbons (Fsp3) is 0. The van der Waals surface area contributed by atoms with Gasteiger partial charge in [-0.1, -0.05) is 18.2 Å². The molecule has 0 radical (unpaired) electrons. The van der Waals surface area contributed by atoms with Gasteiger partial charge in [-0.15, -0.1) is 36.9 Å². The van der Waals surface area contributed by atoms with Crippen molar-refractivity contribution in [3.63, 3.8) is 0 Å². The van der Waals surface area contributed by atoms with Gasteiger partial charge in [0.05, 0.1) is 0 Å². The van der Waals surface area contributed by atoms with Gasteiger partial charge in [-0.25, -0.2) is 6.08 Å². The Morgan fingerprint density at radius 2 is 1.45 bits per heavy atom. The van der Waals surface area contributed by atoms with Crippen LogP contribution in [0, 0.1) is 48.3 Å². The molecule has 0 bridgehead atoms. The predicted molar refractivity (Wildman–Crippen MR) is 49.7 cm³/mol. The van der Waals surface area contributed by atoms with Crippen LogP contribution in [0.4, 0.5) is 0 Å². The molecule has 0 unspecified atom stereocenters. The molecule has 1 aromatic rings. The van der Waals surface area contributed by atoms with Gasteiger partial charge in [0.2, 0.25) is 0 Å². The van der Waals surface area contributed by atoms with Crippen LogP contribution in [-0.4, -0.2) is 0 Å². The second-order valence-corrected chi connectivity index (χ2v) is 1.58. The summed E-state index contributed by atoms with van der Waals surface area (Å²) in [7, 11) is 0. The summed E-state index contributed by atoms with van der Waals surface area (Å²) in [6.07, 6.45) is 1.58. The Bertz CT molecular complexity index is 175. The van der Waals surface area contributed by atoms with Crippen molar-refractivity contribution in [2.24, 2.45) is 0 Å². The predicted octanol–water partition coefficient (Wildman–Crippen LogP) is 2.98. The quantitative estimate of drug-likeness (QED) is 0.699. The van der Waals surface area contributed by atoms with Crippen LogP contribution >= 0.6 is 24.8 Å². The van der Waals surface area contributed by atoms with Crippen LogP contribution in [0.1, 0.15) is 5.56 Å². The molecule has 0 N–H and O–H groups in total. The van der Waals surface area contributed by atoms with E-state index in [2.05, 4.69) is 0 Å². The normalized spacial score (nSPS) is 6.18. The summed E-state index contributed by atoms with van der Waals surface area (Å²) in [5, 5.41) is 0. The summed E-state index contributed by atoms with van der Waals surface area (Å²) in [5.41, 5.74) is 1.06. The molecule has 0 aromatic heterocycles. The van der Waals surface area contributed by atoms with Gasteiger partial charge in [0.15, 0.2) is 0 Å². The molecule has 0 nitrogen and oxygen atoms in total. The summed E-state index contributed by atoms with van der Waals surface area (Å²) in [5.74, 6) is 0. The second kappa shape index (κ2) is 10.9. The minimum atomic E-state index is 0. The molecule has 0 saturated carbocycles. The maximum atomic E-state index is 5.22. The summed E-state index contributed by atoms with van der Waals surface area (Å²) >= 11 is 0. The standard InChI is InChI=1S/C8H7.Ce.2ClH/c1-2-8-6-4-3-5-7-8;;;/h1-7H;;2*1H/q-1;;;. The molecule has 60 valence electrons. The zero-order chi connectivity index (χ0) is 5.82. The van der Waals surface area contributed by atoms with E-state index in [0.29, 0.717) is 0 Å². The first-order valence-electron chi connectivity index (χ1n) is 2.53. The van der Waals surface area contributed by atoms with Crippen molar-refractivity contribution < 1.29 is 41.7 Å². The first-order valence-corrected chi connectivity index (χ1v) is 2.53. The van der Waals surface area contributed by atoms with Crippen LogP contribution in [0.5, 0.6) is 0 Å².